The van der Waals surface area contributed by atoms with Crippen LogP contribution in [0.1, 0.15) is 22.2 Å². The Morgan fingerprint density at radius 3 is 3.20 bits per heavy atom. The van der Waals surface area contributed by atoms with Crippen LogP contribution in [0.25, 0.3) is 0 Å². The highest BCUT2D eigenvalue weighted by Gasteiger charge is 2.26. The van der Waals surface area contributed by atoms with Crippen molar-refractivity contribution in [3.63, 3.8) is 0 Å². The van der Waals surface area contributed by atoms with Crippen LogP contribution in [0.2, 0.25) is 5.02 Å². The van der Waals surface area contributed by atoms with E-state index in [0.29, 0.717) is 0 Å². The van der Waals surface area contributed by atoms with Gasteiger partial charge in [-0.25, -0.2) is 0 Å². The standard InChI is InChI=1S/C11H10ClNOS/c12-8-3-6-15-11(8)9-10-7(1-4-13-9)2-5-14-10/h2-3,5-6,9,13H,1,4H2. The van der Waals surface area contributed by atoms with Gasteiger partial charge in [0.2, 0.25) is 0 Å². The van der Waals surface area contributed by atoms with Gasteiger partial charge >= 0.3 is 0 Å². The first-order valence-electron chi connectivity index (χ1n) is 4.89. The van der Waals surface area contributed by atoms with Gasteiger partial charge in [0.05, 0.1) is 11.3 Å². The van der Waals surface area contributed by atoms with E-state index in [2.05, 4.69) is 5.32 Å². The highest BCUT2D eigenvalue weighted by Crippen LogP contribution is 2.36. The average molecular weight is 240 g/mol. The smallest absolute Gasteiger partial charge is 0.129 e. The molecule has 0 aromatic carbocycles. The van der Waals surface area contributed by atoms with Gasteiger partial charge in [-0.1, -0.05) is 11.6 Å². The number of fused-ring (bicyclic) bond motifs is 1. The normalized spacial score (nSPS) is 20.2. The first kappa shape index (κ1) is 9.46. The molecule has 0 amide bonds. The van der Waals surface area contributed by atoms with Gasteiger partial charge in [0.1, 0.15) is 11.8 Å². The Morgan fingerprint density at radius 2 is 2.40 bits per heavy atom. The second-order valence-electron chi connectivity index (χ2n) is 3.58. The van der Waals surface area contributed by atoms with Crippen LogP contribution in [0.4, 0.5) is 0 Å². The zero-order valence-corrected chi connectivity index (χ0v) is 9.57. The Hall–Kier alpha value is -0.770. The summed E-state index contributed by atoms with van der Waals surface area (Å²) in [6, 6.07) is 4.11. The van der Waals surface area contributed by atoms with Crippen LogP contribution in [0.3, 0.4) is 0 Å². The van der Waals surface area contributed by atoms with Crippen molar-refractivity contribution in [1.82, 2.24) is 5.32 Å². The fourth-order valence-corrected chi connectivity index (χ4v) is 3.21. The molecular weight excluding hydrogens is 230 g/mol. The van der Waals surface area contributed by atoms with Crippen molar-refractivity contribution in [1.29, 1.82) is 0 Å². The van der Waals surface area contributed by atoms with Crippen LogP contribution in [-0.2, 0) is 6.42 Å². The molecule has 0 saturated heterocycles. The predicted molar refractivity (Wildman–Crippen MR) is 61.6 cm³/mol. The molecule has 0 radical (unpaired) electrons. The molecule has 15 heavy (non-hydrogen) atoms. The number of rotatable bonds is 1. The Bertz CT molecular complexity index is 476. The van der Waals surface area contributed by atoms with Gasteiger partial charge in [-0.2, -0.15) is 0 Å². The third kappa shape index (κ3) is 1.51. The summed E-state index contributed by atoms with van der Waals surface area (Å²) in [5.41, 5.74) is 1.29. The minimum absolute atomic E-state index is 0.135. The summed E-state index contributed by atoms with van der Waals surface area (Å²) in [6.07, 6.45) is 2.79. The van der Waals surface area contributed by atoms with Crippen LogP contribution in [-0.4, -0.2) is 6.54 Å². The molecular formula is C11H10ClNOS. The maximum Gasteiger partial charge on any atom is 0.129 e. The molecule has 78 valence electrons. The zero-order chi connectivity index (χ0) is 10.3. The predicted octanol–water partition coefficient (Wildman–Crippen LogP) is 3.23. The molecule has 1 aliphatic rings. The molecule has 0 aliphatic carbocycles. The minimum Gasteiger partial charge on any atom is -0.467 e. The summed E-state index contributed by atoms with van der Waals surface area (Å²) < 4.78 is 5.53. The molecule has 1 aliphatic heterocycles. The van der Waals surface area contributed by atoms with Crippen molar-refractivity contribution in [2.75, 3.05) is 6.54 Å². The maximum absolute atomic E-state index is 6.14. The number of thiophene rings is 1. The topological polar surface area (TPSA) is 25.2 Å². The lowest BCUT2D eigenvalue weighted by molar-refractivity contribution is 0.428. The molecule has 0 saturated carbocycles. The van der Waals surface area contributed by atoms with Gasteiger partial charge in [0, 0.05) is 11.4 Å². The van der Waals surface area contributed by atoms with Crippen LogP contribution < -0.4 is 5.32 Å². The molecule has 4 heteroatoms. The highest BCUT2D eigenvalue weighted by atomic mass is 35.5. The fourth-order valence-electron chi connectivity index (χ4n) is 1.97. The van der Waals surface area contributed by atoms with Crippen molar-refractivity contribution < 1.29 is 4.42 Å². The lowest BCUT2D eigenvalue weighted by Gasteiger charge is -2.22. The molecule has 0 bridgehead atoms. The van der Waals surface area contributed by atoms with E-state index < -0.39 is 0 Å². The third-order valence-electron chi connectivity index (χ3n) is 2.69. The Morgan fingerprint density at radius 1 is 1.47 bits per heavy atom. The minimum atomic E-state index is 0.135. The first-order chi connectivity index (χ1) is 7.36. The van der Waals surface area contributed by atoms with Crippen LogP contribution in [0.15, 0.2) is 28.2 Å². The van der Waals surface area contributed by atoms with Crippen LogP contribution >= 0.6 is 22.9 Å². The summed E-state index contributed by atoms with van der Waals surface area (Å²) >= 11 is 7.80. The Labute approximate surface area is 96.9 Å². The number of furan rings is 1. The molecule has 3 heterocycles. The quantitative estimate of drug-likeness (QED) is 0.827. The maximum atomic E-state index is 6.14. The molecule has 0 fully saturated rings. The number of nitrogens with one attached hydrogen (secondary N) is 1. The number of halogens is 1. The molecule has 1 unspecified atom stereocenters. The van der Waals surface area contributed by atoms with Gasteiger partial charge in [-0.15, -0.1) is 11.3 Å². The Kier molecular flexibility index (Phi) is 2.31. The van der Waals surface area contributed by atoms with Gasteiger partial charge in [-0.05, 0) is 29.5 Å². The third-order valence-corrected chi connectivity index (χ3v) is 4.12. The van der Waals surface area contributed by atoms with Crippen molar-refractivity contribution >= 4 is 22.9 Å². The van der Waals surface area contributed by atoms with Gasteiger partial charge in [-0.3, -0.25) is 0 Å². The van der Waals surface area contributed by atoms with E-state index in [0.717, 1.165) is 28.6 Å². The molecule has 3 rings (SSSR count). The second-order valence-corrected chi connectivity index (χ2v) is 4.93. The van der Waals surface area contributed by atoms with Crippen LogP contribution in [0.5, 0.6) is 0 Å². The molecule has 2 nitrogen and oxygen atoms in total. The van der Waals surface area contributed by atoms with Crippen molar-refractivity contribution in [3.8, 4) is 0 Å². The summed E-state index contributed by atoms with van der Waals surface area (Å²) in [5, 5.41) is 6.27. The SMILES string of the molecule is Clc1ccsc1C1NCCc2ccoc21. The van der Waals surface area contributed by atoms with E-state index >= 15 is 0 Å². The monoisotopic (exact) mass is 239 g/mol. The zero-order valence-electron chi connectivity index (χ0n) is 8.00. The van der Waals surface area contributed by atoms with E-state index in [1.807, 2.05) is 17.5 Å². The number of hydrogen-bond donors (Lipinski definition) is 1. The van der Waals surface area contributed by atoms with E-state index in [1.165, 1.54) is 5.56 Å². The number of hydrogen-bond acceptors (Lipinski definition) is 3. The molecule has 2 aromatic heterocycles. The summed E-state index contributed by atoms with van der Waals surface area (Å²) in [5.74, 6) is 1.02. The lowest BCUT2D eigenvalue weighted by Crippen LogP contribution is -2.29. The van der Waals surface area contributed by atoms with Crippen LogP contribution in [0, 0.1) is 0 Å². The molecule has 1 N–H and O–H groups in total. The molecule has 1 atom stereocenters. The summed E-state index contributed by atoms with van der Waals surface area (Å²) in [4.78, 5) is 1.15. The average Bonchev–Trinajstić information content (AvgIpc) is 2.85. The largest absolute Gasteiger partial charge is 0.467 e. The van der Waals surface area contributed by atoms with Gasteiger partial charge in [0.25, 0.3) is 0 Å². The lowest BCUT2D eigenvalue weighted by atomic mass is 10.0. The van der Waals surface area contributed by atoms with E-state index in [9.17, 15) is 0 Å². The molecule has 2 aromatic rings. The summed E-state index contributed by atoms with van der Waals surface area (Å²) in [7, 11) is 0. The van der Waals surface area contributed by atoms with E-state index in [-0.39, 0.29) is 6.04 Å². The Balaban J connectivity index is 2.07. The fraction of sp³-hybridized carbons (Fsp3) is 0.273. The van der Waals surface area contributed by atoms with E-state index in [4.69, 9.17) is 16.0 Å². The van der Waals surface area contributed by atoms with Crippen molar-refractivity contribution in [3.05, 3.63) is 45.0 Å². The summed E-state index contributed by atoms with van der Waals surface area (Å²) in [6.45, 7) is 0.978. The van der Waals surface area contributed by atoms with Crippen molar-refractivity contribution in [2.45, 2.75) is 12.5 Å². The highest BCUT2D eigenvalue weighted by molar-refractivity contribution is 7.10. The van der Waals surface area contributed by atoms with Gasteiger partial charge < -0.3 is 9.73 Å². The second kappa shape index (κ2) is 3.67. The van der Waals surface area contributed by atoms with Gasteiger partial charge in [0.15, 0.2) is 0 Å². The molecule has 0 spiro atoms. The van der Waals surface area contributed by atoms with Crippen molar-refractivity contribution in [2.24, 2.45) is 0 Å². The van der Waals surface area contributed by atoms with E-state index in [1.54, 1.807) is 17.6 Å². The first-order valence-corrected chi connectivity index (χ1v) is 6.14.